The number of anilines is 1. The molecule has 0 bridgehead atoms. The zero-order valence-electron chi connectivity index (χ0n) is 9.38. The first-order chi connectivity index (χ1) is 8.68. The number of carbonyl (C=O) groups is 1. The quantitative estimate of drug-likeness (QED) is 0.784. The third-order valence-corrected chi connectivity index (χ3v) is 2.26. The molecule has 2 heterocycles. The fourth-order valence-corrected chi connectivity index (χ4v) is 1.37. The molecular weight excluding hydrogens is 239 g/mol. The van der Waals surface area contributed by atoms with Gasteiger partial charge in [0.25, 0.3) is 5.91 Å². The Morgan fingerprint density at radius 2 is 2.33 bits per heavy atom. The van der Waals surface area contributed by atoms with Gasteiger partial charge in [-0.1, -0.05) is 5.21 Å². The van der Waals surface area contributed by atoms with Crippen LogP contribution in [-0.2, 0) is 6.54 Å². The average molecular weight is 250 g/mol. The molecule has 8 heteroatoms. The monoisotopic (exact) mass is 250 g/mol. The summed E-state index contributed by atoms with van der Waals surface area (Å²) in [5, 5.41) is 9.90. The highest BCUT2D eigenvalue weighted by Crippen LogP contribution is 2.11. The van der Waals surface area contributed by atoms with Crippen LogP contribution in [-0.4, -0.2) is 32.4 Å². The summed E-state index contributed by atoms with van der Waals surface area (Å²) in [7, 11) is 0. The second-order valence-corrected chi connectivity index (χ2v) is 3.48. The number of aromatic nitrogens is 4. The number of hydrogen-bond acceptors (Lipinski definition) is 5. The first-order valence-electron chi connectivity index (χ1n) is 5.21. The Morgan fingerprint density at radius 3 is 3.06 bits per heavy atom. The highest BCUT2D eigenvalue weighted by molar-refractivity contribution is 5.95. The minimum atomic E-state index is -0.809. The van der Waals surface area contributed by atoms with Crippen LogP contribution in [0.15, 0.2) is 24.7 Å². The molecule has 18 heavy (non-hydrogen) atoms. The van der Waals surface area contributed by atoms with Gasteiger partial charge in [0.15, 0.2) is 11.6 Å². The molecule has 1 amide bonds. The molecule has 0 spiro atoms. The fraction of sp³-hybridized carbons (Fsp3) is 0.200. The molecule has 94 valence electrons. The van der Waals surface area contributed by atoms with Crippen LogP contribution < -0.4 is 11.1 Å². The van der Waals surface area contributed by atoms with E-state index in [1.807, 2.05) is 0 Å². The van der Waals surface area contributed by atoms with E-state index in [0.717, 1.165) is 0 Å². The lowest BCUT2D eigenvalue weighted by atomic mass is 10.2. The van der Waals surface area contributed by atoms with E-state index in [0.29, 0.717) is 13.1 Å². The molecule has 0 aliphatic heterocycles. The maximum absolute atomic E-state index is 13.5. The van der Waals surface area contributed by atoms with Gasteiger partial charge >= 0.3 is 0 Å². The van der Waals surface area contributed by atoms with E-state index in [1.54, 1.807) is 10.9 Å². The maximum Gasteiger partial charge on any atom is 0.254 e. The van der Waals surface area contributed by atoms with Gasteiger partial charge in [-0.15, -0.1) is 5.10 Å². The molecule has 0 saturated heterocycles. The van der Waals surface area contributed by atoms with Crippen molar-refractivity contribution < 1.29 is 9.18 Å². The second kappa shape index (κ2) is 5.21. The summed E-state index contributed by atoms with van der Waals surface area (Å²) in [6.07, 6.45) is 4.48. The molecule has 7 nitrogen and oxygen atoms in total. The van der Waals surface area contributed by atoms with Crippen molar-refractivity contribution >= 4 is 11.7 Å². The lowest BCUT2D eigenvalue weighted by Gasteiger charge is -2.06. The van der Waals surface area contributed by atoms with Gasteiger partial charge in [0.1, 0.15) is 0 Å². The first-order valence-corrected chi connectivity index (χ1v) is 5.21. The maximum atomic E-state index is 13.5. The highest BCUT2D eigenvalue weighted by Gasteiger charge is 2.13. The highest BCUT2D eigenvalue weighted by atomic mass is 19.1. The standard InChI is InChI=1S/C10H11FN6O/c11-8-7(1-2-13-9(8)12)10(18)14-3-5-17-6-4-15-16-17/h1-2,4,6H,3,5H2,(H2,12,13)(H,14,18). The van der Waals surface area contributed by atoms with Gasteiger partial charge in [-0.2, -0.15) is 0 Å². The SMILES string of the molecule is Nc1nccc(C(=O)NCCn2ccnn2)c1F. The van der Waals surface area contributed by atoms with Crippen LogP contribution in [0.2, 0.25) is 0 Å². The molecule has 2 aromatic heterocycles. The summed E-state index contributed by atoms with van der Waals surface area (Å²) in [6, 6.07) is 1.27. The van der Waals surface area contributed by atoms with Gasteiger partial charge in [-0.25, -0.2) is 9.37 Å². The topological polar surface area (TPSA) is 98.7 Å². The van der Waals surface area contributed by atoms with E-state index in [-0.39, 0.29) is 11.4 Å². The van der Waals surface area contributed by atoms with Crippen LogP contribution in [0.4, 0.5) is 10.2 Å². The summed E-state index contributed by atoms with van der Waals surface area (Å²) in [5.74, 6) is -1.64. The summed E-state index contributed by atoms with van der Waals surface area (Å²) < 4.78 is 15.0. The lowest BCUT2D eigenvalue weighted by Crippen LogP contribution is -2.28. The number of carbonyl (C=O) groups excluding carboxylic acids is 1. The Labute approximate surface area is 102 Å². The number of nitrogen functional groups attached to an aromatic ring is 1. The van der Waals surface area contributed by atoms with Gasteiger partial charge in [-0.05, 0) is 6.07 Å². The van der Waals surface area contributed by atoms with E-state index in [9.17, 15) is 9.18 Å². The lowest BCUT2D eigenvalue weighted by molar-refractivity contribution is 0.0948. The van der Waals surface area contributed by atoms with Gasteiger partial charge in [0, 0.05) is 18.9 Å². The Bertz CT molecular complexity index is 541. The van der Waals surface area contributed by atoms with E-state index in [4.69, 9.17) is 5.73 Å². The summed E-state index contributed by atoms with van der Waals surface area (Å²) in [6.45, 7) is 0.762. The third kappa shape index (κ3) is 2.59. The van der Waals surface area contributed by atoms with E-state index >= 15 is 0 Å². The van der Waals surface area contributed by atoms with Crippen molar-refractivity contribution in [2.75, 3.05) is 12.3 Å². The number of halogens is 1. The molecular formula is C10H11FN6O. The van der Waals surface area contributed by atoms with Crippen molar-refractivity contribution in [3.05, 3.63) is 36.0 Å². The molecule has 0 fully saturated rings. The Morgan fingerprint density at radius 1 is 1.50 bits per heavy atom. The molecule has 2 aromatic rings. The van der Waals surface area contributed by atoms with Gasteiger partial charge in [0.05, 0.1) is 18.3 Å². The fourth-order valence-electron chi connectivity index (χ4n) is 1.37. The Balaban J connectivity index is 1.93. The van der Waals surface area contributed by atoms with Gasteiger partial charge < -0.3 is 11.1 Å². The van der Waals surface area contributed by atoms with E-state index in [2.05, 4.69) is 20.6 Å². The Hall–Kier alpha value is -2.51. The number of pyridine rings is 1. The molecule has 0 atom stereocenters. The minimum Gasteiger partial charge on any atom is -0.381 e. The van der Waals surface area contributed by atoms with Crippen LogP contribution in [0.1, 0.15) is 10.4 Å². The molecule has 3 N–H and O–H groups in total. The number of nitrogens with one attached hydrogen (secondary N) is 1. The van der Waals surface area contributed by atoms with Crippen molar-refractivity contribution in [2.45, 2.75) is 6.54 Å². The van der Waals surface area contributed by atoms with Gasteiger partial charge in [0.2, 0.25) is 0 Å². The number of hydrogen-bond donors (Lipinski definition) is 2. The van der Waals surface area contributed by atoms with E-state index < -0.39 is 11.7 Å². The Kier molecular flexibility index (Phi) is 3.46. The predicted molar refractivity (Wildman–Crippen MR) is 61.0 cm³/mol. The molecule has 0 saturated carbocycles. The van der Waals surface area contributed by atoms with Crippen LogP contribution in [0.5, 0.6) is 0 Å². The molecule has 0 unspecified atom stereocenters. The van der Waals surface area contributed by atoms with Gasteiger partial charge in [-0.3, -0.25) is 9.48 Å². The average Bonchev–Trinajstić information content (AvgIpc) is 2.85. The second-order valence-electron chi connectivity index (χ2n) is 3.48. The van der Waals surface area contributed by atoms with Crippen LogP contribution in [0, 0.1) is 5.82 Å². The van der Waals surface area contributed by atoms with Crippen molar-refractivity contribution in [2.24, 2.45) is 0 Å². The number of amides is 1. The first kappa shape index (κ1) is 12.0. The molecule has 0 aromatic carbocycles. The van der Waals surface area contributed by atoms with Crippen LogP contribution in [0.3, 0.4) is 0 Å². The summed E-state index contributed by atoms with van der Waals surface area (Å²) in [5.41, 5.74) is 5.15. The minimum absolute atomic E-state index is 0.124. The van der Waals surface area contributed by atoms with Crippen molar-refractivity contribution in [3.8, 4) is 0 Å². The van der Waals surface area contributed by atoms with E-state index in [1.165, 1.54) is 18.5 Å². The number of nitrogens with zero attached hydrogens (tertiary/aromatic N) is 4. The van der Waals surface area contributed by atoms with Crippen molar-refractivity contribution in [1.82, 2.24) is 25.3 Å². The third-order valence-electron chi connectivity index (χ3n) is 2.26. The molecule has 0 radical (unpaired) electrons. The summed E-state index contributed by atoms with van der Waals surface area (Å²) in [4.78, 5) is 15.2. The predicted octanol–water partition coefficient (Wildman–Crippen LogP) is -0.176. The largest absolute Gasteiger partial charge is 0.381 e. The van der Waals surface area contributed by atoms with Crippen molar-refractivity contribution in [1.29, 1.82) is 0 Å². The zero-order valence-corrected chi connectivity index (χ0v) is 9.38. The molecule has 0 aliphatic rings. The normalized spacial score (nSPS) is 10.3. The number of rotatable bonds is 4. The van der Waals surface area contributed by atoms with Crippen LogP contribution in [0.25, 0.3) is 0 Å². The molecule has 2 rings (SSSR count). The molecule has 0 aliphatic carbocycles. The van der Waals surface area contributed by atoms with Crippen LogP contribution >= 0.6 is 0 Å². The zero-order chi connectivity index (χ0) is 13.0. The smallest absolute Gasteiger partial charge is 0.254 e. The van der Waals surface area contributed by atoms with Crippen molar-refractivity contribution in [3.63, 3.8) is 0 Å². The number of nitrogens with two attached hydrogens (primary N) is 1. The summed E-state index contributed by atoms with van der Waals surface area (Å²) >= 11 is 0.